The minimum absolute atomic E-state index is 0.0124. The molecule has 0 bridgehead atoms. The second-order valence-corrected chi connectivity index (χ2v) is 7.95. The number of anilines is 1. The zero-order valence-corrected chi connectivity index (χ0v) is 17.0. The van der Waals surface area contributed by atoms with Gasteiger partial charge in [0, 0.05) is 29.6 Å². The van der Waals surface area contributed by atoms with Crippen molar-refractivity contribution in [2.45, 2.75) is 63.8 Å². The Kier molecular flexibility index (Phi) is 7.18. The molecule has 2 aliphatic carbocycles. The smallest absolute Gasteiger partial charge is 0.227 e. The highest BCUT2D eigenvalue weighted by Gasteiger charge is 2.31. The van der Waals surface area contributed by atoms with Crippen molar-refractivity contribution in [3.63, 3.8) is 0 Å². The van der Waals surface area contributed by atoms with E-state index in [1.807, 2.05) is 6.07 Å². The van der Waals surface area contributed by atoms with Gasteiger partial charge in [0.25, 0.3) is 0 Å². The van der Waals surface area contributed by atoms with Crippen LogP contribution in [0.1, 0.15) is 57.8 Å². The zero-order valence-electron chi connectivity index (χ0n) is 17.0. The number of carbonyl (C=O) groups is 2. The lowest BCUT2D eigenvalue weighted by Gasteiger charge is -2.30. The monoisotopic (exact) mass is 388 g/mol. The van der Waals surface area contributed by atoms with E-state index in [1.165, 1.54) is 19.3 Å². The van der Waals surface area contributed by atoms with E-state index in [1.54, 1.807) is 26.4 Å². The molecule has 28 heavy (non-hydrogen) atoms. The fourth-order valence-corrected chi connectivity index (χ4v) is 4.34. The third kappa shape index (κ3) is 5.18. The van der Waals surface area contributed by atoms with E-state index in [2.05, 4.69) is 10.6 Å². The minimum atomic E-state index is -0.0492. The Bertz CT molecular complexity index is 677. The molecule has 6 nitrogen and oxygen atoms in total. The minimum Gasteiger partial charge on any atom is -0.493 e. The van der Waals surface area contributed by atoms with Gasteiger partial charge in [-0.1, -0.05) is 19.3 Å². The largest absolute Gasteiger partial charge is 0.493 e. The first-order chi connectivity index (χ1) is 13.6. The van der Waals surface area contributed by atoms with Gasteiger partial charge in [0.05, 0.1) is 14.2 Å². The summed E-state index contributed by atoms with van der Waals surface area (Å²) in [6.07, 6.45) is 8.99. The van der Waals surface area contributed by atoms with Crippen LogP contribution in [0.15, 0.2) is 18.2 Å². The van der Waals surface area contributed by atoms with E-state index < -0.39 is 0 Å². The summed E-state index contributed by atoms with van der Waals surface area (Å²) in [6.45, 7) is 0. The van der Waals surface area contributed by atoms with Gasteiger partial charge in [0.2, 0.25) is 11.8 Å². The Labute approximate surface area is 167 Å². The summed E-state index contributed by atoms with van der Waals surface area (Å²) in [5, 5.41) is 6.20. The predicted octanol–water partition coefficient (Wildman–Crippen LogP) is 3.90. The molecule has 3 rings (SSSR count). The number of benzene rings is 1. The first-order valence-electron chi connectivity index (χ1n) is 10.4. The van der Waals surface area contributed by atoms with Gasteiger partial charge in [0.1, 0.15) is 0 Å². The molecule has 6 heteroatoms. The highest BCUT2D eigenvalue weighted by molar-refractivity contribution is 5.93. The standard InChI is InChI=1S/C22H32N2O4/c1-27-19-13-12-18(14-20(19)28-2)24-22(26)16-10-8-15(9-11-16)21(25)23-17-6-4-3-5-7-17/h12-17H,3-11H2,1-2H3,(H,23,25)(H,24,26). The molecule has 1 aromatic rings. The zero-order chi connectivity index (χ0) is 19.9. The lowest BCUT2D eigenvalue weighted by Crippen LogP contribution is -2.41. The molecule has 154 valence electrons. The first kappa shape index (κ1) is 20.5. The van der Waals surface area contributed by atoms with E-state index in [0.29, 0.717) is 23.2 Å². The van der Waals surface area contributed by atoms with Crippen LogP contribution in [0, 0.1) is 11.8 Å². The van der Waals surface area contributed by atoms with E-state index in [0.717, 1.165) is 38.5 Å². The molecule has 1 aromatic carbocycles. The maximum absolute atomic E-state index is 12.6. The second-order valence-electron chi connectivity index (χ2n) is 7.95. The number of carbonyl (C=O) groups excluding carboxylic acids is 2. The van der Waals surface area contributed by atoms with Crippen molar-refractivity contribution < 1.29 is 19.1 Å². The highest BCUT2D eigenvalue weighted by Crippen LogP contribution is 2.32. The van der Waals surface area contributed by atoms with Gasteiger partial charge in [-0.3, -0.25) is 9.59 Å². The average Bonchev–Trinajstić information content (AvgIpc) is 2.74. The molecule has 0 spiro atoms. The lowest BCUT2D eigenvalue weighted by molar-refractivity contribution is -0.129. The number of ether oxygens (including phenoxy) is 2. The summed E-state index contributed by atoms with van der Waals surface area (Å²) < 4.78 is 10.5. The lowest BCUT2D eigenvalue weighted by atomic mass is 9.80. The molecule has 2 aliphatic rings. The quantitative estimate of drug-likeness (QED) is 0.775. The summed E-state index contributed by atoms with van der Waals surface area (Å²) in [6, 6.07) is 5.70. The molecule has 0 atom stereocenters. The Morgan fingerprint density at radius 3 is 2.04 bits per heavy atom. The normalized spacial score (nSPS) is 22.9. The third-order valence-corrected chi connectivity index (χ3v) is 6.07. The average molecular weight is 389 g/mol. The topological polar surface area (TPSA) is 76.7 Å². The molecule has 2 fully saturated rings. The van der Waals surface area contributed by atoms with Gasteiger partial charge in [0.15, 0.2) is 11.5 Å². The molecule has 0 aromatic heterocycles. The van der Waals surface area contributed by atoms with Crippen LogP contribution in [-0.2, 0) is 9.59 Å². The Hall–Kier alpha value is -2.24. The summed E-state index contributed by atoms with van der Waals surface area (Å²) in [5.41, 5.74) is 0.694. The Morgan fingerprint density at radius 1 is 0.821 bits per heavy atom. The SMILES string of the molecule is COc1ccc(NC(=O)C2CCC(C(=O)NC3CCCCC3)CC2)cc1OC. The number of nitrogens with one attached hydrogen (secondary N) is 2. The van der Waals surface area contributed by atoms with Gasteiger partial charge < -0.3 is 20.1 Å². The van der Waals surface area contributed by atoms with Crippen molar-refractivity contribution in [3.8, 4) is 11.5 Å². The number of amides is 2. The Balaban J connectivity index is 1.47. The molecule has 0 radical (unpaired) electrons. The molecule has 0 aliphatic heterocycles. The predicted molar refractivity (Wildman–Crippen MR) is 109 cm³/mol. The third-order valence-electron chi connectivity index (χ3n) is 6.07. The number of rotatable bonds is 6. The fraction of sp³-hybridized carbons (Fsp3) is 0.636. The number of methoxy groups -OCH3 is 2. The van der Waals surface area contributed by atoms with Crippen molar-refractivity contribution >= 4 is 17.5 Å². The molecular weight excluding hydrogens is 356 g/mol. The van der Waals surface area contributed by atoms with Gasteiger partial charge in [-0.05, 0) is 50.7 Å². The van der Waals surface area contributed by atoms with Crippen molar-refractivity contribution in [1.29, 1.82) is 0 Å². The first-order valence-corrected chi connectivity index (χ1v) is 10.4. The molecule has 0 unspecified atom stereocenters. The molecule has 2 amide bonds. The molecule has 0 saturated heterocycles. The van der Waals surface area contributed by atoms with Crippen LogP contribution in [0.4, 0.5) is 5.69 Å². The molecule has 0 heterocycles. The van der Waals surface area contributed by atoms with E-state index >= 15 is 0 Å². The summed E-state index contributed by atoms with van der Waals surface area (Å²) in [7, 11) is 3.15. The highest BCUT2D eigenvalue weighted by atomic mass is 16.5. The van der Waals surface area contributed by atoms with Crippen LogP contribution in [-0.4, -0.2) is 32.1 Å². The van der Waals surface area contributed by atoms with Crippen LogP contribution < -0.4 is 20.1 Å². The van der Waals surface area contributed by atoms with E-state index in [-0.39, 0.29) is 23.7 Å². The second kappa shape index (κ2) is 9.80. The molecule has 2 N–H and O–H groups in total. The van der Waals surface area contributed by atoms with Crippen molar-refractivity contribution in [3.05, 3.63) is 18.2 Å². The number of hydrogen-bond acceptors (Lipinski definition) is 4. The van der Waals surface area contributed by atoms with Gasteiger partial charge in [-0.25, -0.2) is 0 Å². The van der Waals surface area contributed by atoms with Crippen molar-refractivity contribution in [2.24, 2.45) is 11.8 Å². The summed E-state index contributed by atoms with van der Waals surface area (Å²) in [5.74, 6) is 1.41. The molecule has 2 saturated carbocycles. The van der Waals surface area contributed by atoms with Gasteiger partial charge in [-0.15, -0.1) is 0 Å². The van der Waals surface area contributed by atoms with Gasteiger partial charge >= 0.3 is 0 Å². The van der Waals surface area contributed by atoms with E-state index in [4.69, 9.17) is 9.47 Å². The fourth-order valence-electron chi connectivity index (χ4n) is 4.34. The van der Waals surface area contributed by atoms with Crippen LogP contribution in [0.5, 0.6) is 11.5 Å². The maximum Gasteiger partial charge on any atom is 0.227 e. The molecular formula is C22H32N2O4. The Morgan fingerprint density at radius 2 is 1.43 bits per heavy atom. The van der Waals surface area contributed by atoms with Crippen LogP contribution >= 0.6 is 0 Å². The van der Waals surface area contributed by atoms with Crippen molar-refractivity contribution in [2.75, 3.05) is 19.5 Å². The number of hydrogen-bond donors (Lipinski definition) is 2. The van der Waals surface area contributed by atoms with Crippen LogP contribution in [0.2, 0.25) is 0 Å². The van der Waals surface area contributed by atoms with E-state index in [9.17, 15) is 9.59 Å². The van der Waals surface area contributed by atoms with Gasteiger partial charge in [-0.2, -0.15) is 0 Å². The van der Waals surface area contributed by atoms with Crippen molar-refractivity contribution in [1.82, 2.24) is 5.32 Å². The maximum atomic E-state index is 12.6. The summed E-state index contributed by atoms with van der Waals surface area (Å²) >= 11 is 0. The van der Waals surface area contributed by atoms with Crippen LogP contribution in [0.3, 0.4) is 0 Å². The summed E-state index contributed by atoms with van der Waals surface area (Å²) in [4.78, 5) is 25.2. The van der Waals surface area contributed by atoms with Crippen LogP contribution in [0.25, 0.3) is 0 Å².